The molecule has 2 unspecified atom stereocenters. The molecule has 2 N–H and O–H groups in total. The van der Waals surface area contributed by atoms with Crippen molar-refractivity contribution in [2.24, 2.45) is 0 Å². The number of nitrogens with one attached hydrogen (secondary N) is 1. The van der Waals surface area contributed by atoms with Crippen molar-refractivity contribution in [3.8, 4) is 0 Å². The second kappa shape index (κ2) is 6.72. The van der Waals surface area contributed by atoms with Gasteiger partial charge in [-0.2, -0.15) is 0 Å². The van der Waals surface area contributed by atoms with Gasteiger partial charge in [-0.15, -0.1) is 0 Å². The van der Waals surface area contributed by atoms with Gasteiger partial charge in [0.25, 0.3) is 0 Å². The number of hydrogen-bond donors (Lipinski definition) is 2. The van der Waals surface area contributed by atoms with E-state index in [0.29, 0.717) is 6.04 Å². The summed E-state index contributed by atoms with van der Waals surface area (Å²) in [6.07, 6.45) is 6.46. The van der Waals surface area contributed by atoms with Crippen LogP contribution in [0.15, 0.2) is 0 Å². The minimum Gasteiger partial charge on any atom is -0.394 e. The van der Waals surface area contributed by atoms with Crippen molar-refractivity contribution in [1.29, 1.82) is 0 Å². The lowest BCUT2D eigenvalue weighted by Gasteiger charge is -2.37. The van der Waals surface area contributed by atoms with Crippen LogP contribution in [-0.2, 0) is 0 Å². The van der Waals surface area contributed by atoms with E-state index in [4.69, 9.17) is 0 Å². The molecule has 0 saturated heterocycles. The number of aliphatic hydroxyl groups is 1. The van der Waals surface area contributed by atoms with Gasteiger partial charge in [0.1, 0.15) is 0 Å². The molecule has 1 rings (SSSR count). The van der Waals surface area contributed by atoms with Crippen LogP contribution in [0.4, 0.5) is 0 Å². The summed E-state index contributed by atoms with van der Waals surface area (Å²) in [6, 6.07) is 1.28. The molecule has 0 aromatic rings. The maximum Gasteiger partial charge on any atom is 0.0611 e. The van der Waals surface area contributed by atoms with Crippen LogP contribution in [0.5, 0.6) is 0 Å². The summed E-state index contributed by atoms with van der Waals surface area (Å²) in [5.74, 6) is 0. The third-order valence-electron chi connectivity index (χ3n) is 4.29. The smallest absolute Gasteiger partial charge is 0.0611 e. The number of hydrogen-bond acceptors (Lipinski definition) is 3. The molecule has 0 spiro atoms. The zero-order chi connectivity index (χ0) is 12.9. The summed E-state index contributed by atoms with van der Waals surface area (Å²) in [7, 11) is 2.24. The summed E-state index contributed by atoms with van der Waals surface area (Å²) >= 11 is 0. The third-order valence-corrected chi connectivity index (χ3v) is 4.29. The molecule has 1 aliphatic carbocycles. The lowest BCUT2D eigenvalue weighted by molar-refractivity contribution is 0.108. The average Bonchev–Trinajstić information content (AvgIpc) is 2.81. The van der Waals surface area contributed by atoms with Crippen LogP contribution < -0.4 is 5.32 Å². The molecule has 0 amide bonds. The molecule has 102 valence electrons. The average molecular weight is 242 g/mol. The van der Waals surface area contributed by atoms with E-state index in [2.05, 4.69) is 38.0 Å². The van der Waals surface area contributed by atoms with Crippen LogP contribution in [0.1, 0.15) is 52.9 Å². The first-order valence-corrected chi connectivity index (χ1v) is 7.10. The van der Waals surface area contributed by atoms with Gasteiger partial charge in [0.15, 0.2) is 0 Å². The highest BCUT2D eigenvalue weighted by Gasteiger charge is 2.29. The minimum absolute atomic E-state index is 0.138. The molecular formula is C14H30N2O. The van der Waals surface area contributed by atoms with E-state index in [0.717, 1.165) is 19.0 Å². The quantitative estimate of drug-likeness (QED) is 0.717. The zero-order valence-corrected chi connectivity index (χ0v) is 12.0. The molecule has 1 saturated carbocycles. The Morgan fingerprint density at radius 2 is 2.00 bits per heavy atom. The van der Waals surface area contributed by atoms with E-state index in [9.17, 15) is 5.11 Å². The molecule has 0 bridgehead atoms. The van der Waals surface area contributed by atoms with Crippen molar-refractivity contribution >= 4 is 0 Å². The number of aliphatic hydroxyl groups excluding tert-OH is 1. The first kappa shape index (κ1) is 14.9. The highest BCUT2D eigenvalue weighted by molar-refractivity contribution is 4.88. The van der Waals surface area contributed by atoms with Gasteiger partial charge in [-0.05, 0) is 46.7 Å². The summed E-state index contributed by atoms with van der Waals surface area (Å²) in [5.41, 5.74) is -0.138. The summed E-state index contributed by atoms with van der Waals surface area (Å²) in [4.78, 5) is 2.51. The fraction of sp³-hybridized carbons (Fsp3) is 1.00. The number of nitrogens with zero attached hydrogens (tertiary/aromatic N) is 1. The lowest BCUT2D eigenvalue weighted by atomic mass is 9.93. The second-order valence-electron chi connectivity index (χ2n) is 5.91. The Morgan fingerprint density at radius 1 is 1.41 bits per heavy atom. The van der Waals surface area contributed by atoms with E-state index in [1.807, 2.05) is 0 Å². The fourth-order valence-electron chi connectivity index (χ4n) is 3.09. The van der Waals surface area contributed by atoms with Crippen LogP contribution in [-0.4, -0.2) is 47.8 Å². The van der Waals surface area contributed by atoms with Crippen LogP contribution in [0.3, 0.4) is 0 Å². The Bertz CT molecular complexity index is 216. The van der Waals surface area contributed by atoms with Gasteiger partial charge in [-0.1, -0.05) is 19.8 Å². The molecule has 1 aliphatic rings. The lowest BCUT2D eigenvalue weighted by Crippen LogP contribution is -2.51. The van der Waals surface area contributed by atoms with Gasteiger partial charge in [0.05, 0.1) is 6.61 Å². The Balaban J connectivity index is 2.47. The van der Waals surface area contributed by atoms with Gasteiger partial charge in [-0.3, -0.25) is 0 Å². The van der Waals surface area contributed by atoms with Gasteiger partial charge in [-0.25, -0.2) is 0 Å². The summed E-state index contributed by atoms with van der Waals surface area (Å²) in [5, 5.41) is 12.9. The van der Waals surface area contributed by atoms with E-state index >= 15 is 0 Å². The topological polar surface area (TPSA) is 35.5 Å². The molecule has 3 heteroatoms. The molecule has 0 radical (unpaired) electrons. The monoisotopic (exact) mass is 242 g/mol. The number of likely N-dealkylation sites (N-methyl/N-ethyl adjacent to an activating group) is 1. The Labute approximate surface area is 107 Å². The van der Waals surface area contributed by atoms with E-state index in [1.54, 1.807) is 0 Å². The van der Waals surface area contributed by atoms with Crippen molar-refractivity contribution in [3.05, 3.63) is 0 Å². The van der Waals surface area contributed by atoms with Crippen molar-refractivity contribution < 1.29 is 5.11 Å². The van der Waals surface area contributed by atoms with E-state index in [-0.39, 0.29) is 12.1 Å². The van der Waals surface area contributed by atoms with Crippen molar-refractivity contribution in [2.75, 3.05) is 20.2 Å². The highest BCUT2D eigenvalue weighted by atomic mass is 16.3. The molecule has 1 fully saturated rings. The van der Waals surface area contributed by atoms with Crippen LogP contribution in [0.25, 0.3) is 0 Å². The molecule has 0 heterocycles. The largest absolute Gasteiger partial charge is 0.394 e. The molecule has 2 atom stereocenters. The third kappa shape index (κ3) is 4.23. The maximum absolute atomic E-state index is 9.53. The van der Waals surface area contributed by atoms with Crippen molar-refractivity contribution in [1.82, 2.24) is 10.2 Å². The first-order valence-electron chi connectivity index (χ1n) is 7.10. The molecule has 3 nitrogen and oxygen atoms in total. The SMILES string of the molecule is CCNC(C)(CO)CC(C)N(C)C1CCCC1. The minimum atomic E-state index is -0.138. The standard InChI is InChI=1S/C14H30N2O/c1-5-15-14(3,11-17)10-12(2)16(4)13-8-6-7-9-13/h12-13,15,17H,5-11H2,1-4H3. The van der Waals surface area contributed by atoms with Gasteiger partial charge in [0, 0.05) is 17.6 Å². The molecule has 17 heavy (non-hydrogen) atoms. The molecule has 0 aromatic heterocycles. The second-order valence-corrected chi connectivity index (χ2v) is 5.91. The Hall–Kier alpha value is -0.120. The predicted octanol–water partition coefficient (Wildman–Crippen LogP) is 2.00. The summed E-state index contributed by atoms with van der Waals surface area (Å²) in [6.45, 7) is 7.62. The van der Waals surface area contributed by atoms with E-state index in [1.165, 1.54) is 25.7 Å². The van der Waals surface area contributed by atoms with Gasteiger partial charge >= 0.3 is 0 Å². The first-order chi connectivity index (χ1) is 8.02. The van der Waals surface area contributed by atoms with Gasteiger partial charge in [0.2, 0.25) is 0 Å². The maximum atomic E-state index is 9.53. The molecular weight excluding hydrogens is 212 g/mol. The molecule has 0 aliphatic heterocycles. The number of rotatable bonds is 7. The van der Waals surface area contributed by atoms with E-state index < -0.39 is 0 Å². The van der Waals surface area contributed by atoms with Crippen LogP contribution in [0, 0.1) is 0 Å². The Kier molecular flexibility index (Phi) is 5.90. The van der Waals surface area contributed by atoms with Crippen LogP contribution >= 0.6 is 0 Å². The van der Waals surface area contributed by atoms with Crippen molar-refractivity contribution in [3.63, 3.8) is 0 Å². The molecule has 0 aromatic carbocycles. The Morgan fingerprint density at radius 3 is 2.47 bits per heavy atom. The van der Waals surface area contributed by atoms with Crippen LogP contribution in [0.2, 0.25) is 0 Å². The fourth-order valence-corrected chi connectivity index (χ4v) is 3.09. The summed E-state index contributed by atoms with van der Waals surface area (Å²) < 4.78 is 0. The predicted molar refractivity (Wildman–Crippen MR) is 73.3 cm³/mol. The van der Waals surface area contributed by atoms with Gasteiger partial charge < -0.3 is 15.3 Å². The normalized spacial score (nSPS) is 22.9. The zero-order valence-electron chi connectivity index (χ0n) is 12.0. The highest BCUT2D eigenvalue weighted by Crippen LogP contribution is 2.26. The van der Waals surface area contributed by atoms with Crippen molar-refractivity contribution in [2.45, 2.75) is 70.5 Å².